The summed E-state index contributed by atoms with van der Waals surface area (Å²) < 4.78 is 6.03. The number of rotatable bonds is 3. The second-order valence-corrected chi connectivity index (χ2v) is 6.79. The van der Waals surface area contributed by atoms with Crippen LogP contribution in [0.5, 0.6) is 0 Å². The number of hydrogen-bond donors (Lipinski definition) is 0. The van der Waals surface area contributed by atoms with E-state index in [1.165, 1.54) is 5.57 Å². The van der Waals surface area contributed by atoms with Gasteiger partial charge in [-0.05, 0) is 57.8 Å². The fourth-order valence-corrected chi connectivity index (χ4v) is 2.51. The smallest absolute Gasteiger partial charge is 0.332 e. The monoisotopic (exact) mass is 258 g/mol. The zero-order chi connectivity index (χ0) is 14.3. The molecule has 2 aliphatic rings. The number of aliphatic imine (C=N–C) groups is 1. The van der Waals surface area contributed by atoms with Crippen LogP contribution in [0.3, 0.4) is 0 Å². The van der Waals surface area contributed by atoms with E-state index in [2.05, 4.69) is 52.6 Å². The van der Waals surface area contributed by atoms with Crippen LogP contribution in [-0.2, 0) is 4.65 Å². The first-order valence-electron chi connectivity index (χ1n) is 7.18. The van der Waals surface area contributed by atoms with E-state index in [1.807, 2.05) is 7.48 Å². The Morgan fingerprint density at radius 3 is 2.42 bits per heavy atom. The highest BCUT2D eigenvalue weighted by Crippen LogP contribution is 2.57. The van der Waals surface area contributed by atoms with Crippen molar-refractivity contribution in [3.05, 3.63) is 22.8 Å². The number of nitrogens with zero attached hydrogens (tertiary/aromatic N) is 1. The van der Waals surface area contributed by atoms with Crippen molar-refractivity contribution in [3.8, 4) is 0 Å². The Bertz CT molecular complexity index is 473. The first-order chi connectivity index (χ1) is 8.75. The molecule has 1 aliphatic carbocycles. The summed E-state index contributed by atoms with van der Waals surface area (Å²) in [5.74, 6) is 0. The molecule has 2 nitrogen and oxygen atoms in total. The molecule has 1 unspecified atom stereocenters. The number of hydrogen-bond acceptors (Lipinski definition) is 2. The van der Waals surface area contributed by atoms with Crippen molar-refractivity contribution in [2.75, 3.05) is 0 Å². The van der Waals surface area contributed by atoms with E-state index in [0.29, 0.717) is 5.41 Å². The Hall–Kier alpha value is -0.825. The summed E-state index contributed by atoms with van der Waals surface area (Å²) in [4.78, 5) is 4.67. The third-order valence-corrected chi connectivity index (χ3v) is 4.79. The molecule has 0 bridgehead atoms. The van der Waals surface area contributed by atoms with Gasteiger partial charge in [0, 0.05) is 11.4 Å². The molecule has 103 valence electrons. The summed E-state index contributed by atoms with van der Waals surface area (Å²) in [6.45, 7) is 13.0. The van der Waals surface area contributed by atoms with Crippen molar-refractivity contribution in [2.45, 2.75) is 66.4 Å². The average Bonchev–Trinajstić information content (AvgIpc) is 2.80. The molecular formula is C16H25BNO. The summed E-state index contributed by atoms with van der Waals surface area (Å²) in [6, 6.07) is 0. The zero-order valence-corrected chi connectivity index (χ0v) is 13.1. The lowest BCUT2D eigenvalue weighted by atomic mass is 9.81. The van der Waals surface area contributed by atoms with Crippen LogP contribution >= 0.6 is 0 Å². The lowest BCUT2D eigenvalue weighted by molar-refractivity contribution is 0.168. The molecule has 0 spiro atoms. The largest absolute Gasteiger partial charge is 0.429 e. The molecule has 0 amide bonds. The van der Waals surface area contributed by atoms with Gasteiger partial charge in [0.05, 0.1) is 5.60 Å². The predicted octanol–water partition coefficient (Wildman–Crippen LogP) is 4.24. The molecule has 1 aliphatic heterocycles. The Kier molecular flexibility index (Phi) is 3.79. The second-order valence-electron chi connectivity index (χ2n) is 6.79. The van der Waals surface area contributed by atoms with Crippen LogP contribution in [0.4, 0.5) is 0 Å². The van der Waals surface area contributed by atoms with Crippen LogP contribution in [0, 0.1) is 5.41 Å². The third kappa shape index (κ3) is 3.02. The normalized spacial score (nSPS) is 30.2. The maximum absolute atomic E-state index is 6.03. The minimum absolute atomic E-state index is 0.00269. The van der Waals surface area contributed by atoms with Crippen molar-refractivity contribution in [3.63, 3.8) is 0 Å². The molecule has 1 atom stereocenters. The van der Waals surface area contributed by atoms with Gasteiger partial charge in [-0.3, -0.25) is 4.99 Å². The van der Waals surface area contributed by atoms with E-state index in [9.17, 15) is 0 Å². The summed E-state index contributed by atoms with van der Waals surface area (Å²) in [5.41, 5.74) is 5.01. The van der Waals surface area contributed by atoms with Crippen molar-refractivity contribution in [2.24, 2.45) is 10.4 Å². The van der Waals surface area contributed by atoms with Crippen molar-refractivity contribution >= 4 is 13.2 Å². The van der Waals surface area contributed by atoms with Gasteiger partial charge in [-0.15, -0.1) is 0 Å². The van der Waals surface area contributed by atoms with Gasteiger partial charge in [-0.1, -0.05) is 25.5 Å². The summed E-state index contributed by atoms with van der Waals surface area (Å²) in [5, 5.41) is 0. The van der Waals surface area contributed by atoms with E-state index in [-0.39, 0.29) is 5.60 Å². The van der Waals surface area contributed by atoms with Crippen molar-refractivity contribution in [1.82, 2.24) is 0 Å². The summed E-state index contributed by atoms with van der Waals surface area (Å²) >= 11 is 0. The lowest BCUT2D eigenvalue weighted by Gasteiger charge is -2.18. The minimum atomic E-state index is -0.00269. The molecule has 19 heavy (non-hydrogen) atoms. The van der Waals surface area contributed by atoms with Gasteiger partial charge < -0.3 is 4.65 Å². The van der Waals surface area contributed by atoms with E-state index < -0.39 is 0 Å². The zero-order valence-electron chi connectivity index (χ0n) is 13.1. The molecular weight excluding hydrogens is 233 g/mol. The fraction of sp³-hybridized carbons (Fsp3) is 0.688. The highest BCUT2D eigenvalue weighted by atomic mass is 16.5. The van der Waals surface area contributed by atoms with Crippen molar-refractivity contribution in [1.29, 1.82) is 0 Å². The van der Waals surface area contributed by atoms with Crippen LogP contribution in [0.2, 0.25) is 0 Å². The van der Waals surface area contributed by atoms with Gasteiger partial charge >= 0.3 is 7.48 Å². The maximum Gasteiger partial charge on any atom is 0.332 e. The average molecular weight is 258 g/mol. The molecule has 0 aromatic rings. The highest BCUT2D eigenvalue weighted by molar-refractivity contribution is 6.49. The SMILES string of the molecule is CC1=NC(C)=C(C)CCC=C1[B]OC1(C)CC1(C)C. The van der Waals surface area contributed by atoms with Crippen LogP contribution in [0.25, 0.3) is 0 Å². The van der Waals surface area contributed by atoms with E-state index in [4.69, 9.17) is 4.65 Å². The predicted molar refractivity (Wildman–Crippen MR) is 82.4 cm³/mol. The van der Waals surface area contributed by atoms with Gasteiger partial charge in [0.25, 0.3) is 0 Å². The molecule has 0 aromatic heterocycles. The lowest BCUT2D eigenvalue weighted by Crippen LogP contribution is -2.22. The molecule has 1 heterocycles. The summed E-state index contributed by atoms with van der Waals surface area (Å²) in [6.07, 6.45) is 5.51. The van der Waals surface area contributed by atoms with Gasteiger partial charge in [-0.2, -0.15) is 0 Å². The molecule has 1 fully saturated rings. The van der Waals surface area contributed by atoms with Crippen LogP contribution < -0.4 is 0 Å². The molecule has 0 saturated heterocycles. The first-order valence-corrected chi connectivity index (χ1v) is 7.18. The van der Waals surface area contributed by atoms with Crippen molar-refractivity contribution < 1.29 is 4.65 Å². The van der Waals surface area contributed by atoms with Gasteiger partial charge in [-0.25, -0.2) is 0 Å². The van der Waals surface area contributed by atoms with E-state index in [0.717, 1.165) is 36.1 Å². The quantitative estimate of drug-likeness (QED) is 0.694. The second kappa shape index (κ2) is 4.94. The van der Waals surface area contributed by atoms with Gasteiger partial charge in [0.1, 0.15) is 0 Å². The summed E-state index contributed by atoms with van der Waals surface area (Å²) in [7, 11) is 1.92. The standard InChI is InChI=1S/C16H25BNO/c1-11-8-7-9-14(13(3)18-12(11)2)17-19-16(6)10-15(16,4)5/h9H,7-8,10H2,1-6H3. The highest BCUT2D eigenvalue weighted by Gasteiger charge is 2.58. The van der Waals surface area contributed by atoms with Crippen LogP contribution in [0.15, 0.2) is 27.8 Å². The minimum Gasteiger partial charge on any atom is -0.429 e. The van der Waals surface area contributed by atoms with E-state index in [1.54, 1.807) is 0 Å². The van der Waals surface area contributed by atoms with Gasteiger partial charge in [0.15, 0.2) is 0 Å². The topological polar surface area (TPSA) is 21.6 Å². The molecule has 2 rings (SSSR count). The van der Waals surface area contributed by atoms with Gasteiger partial charge in [0.2, 0.25) is 0 Å². The Morgan fingerprint density at radius 2 is 1.84 bits per heavy atom. The molecule has 1 radical (unpaired) electrons. The maximum atomic E-state index is 6.03. The number of allylic oxidation sites excluding steroid dienone is 4. The Balaban J connectivity index is 2.05. The van der Waals surface area contributed by atoms with Crippen LogP contribution in [0.1, 0.15) is 60.8 Å². The van der Waals surface area contributed by atoms with E-state index >= 15 is 0 Å². The first kappa shape index (κ1) is 14.6. The molecule has 3 heteroatoms. The van der Waals surface area contributed by atoms with Crippen LogP contribution in [-0.4, -0.2) is 18.8 Å². The molecule has 0 N–H and O–H groups in total. The third-order valence-electron chi connectivity index (χ3n) is 4.79. The fourth-order valence-electron chi connectivity index (χ4n) is 2.51. The Labute approximate surface area is 118 Å². The molecule has 1 saturated carbocycles. The Morgan fingerprint density at radius 1 is 1.21 bits per heavy atom. The molecule has 0 aromatic carbocycles.